The van der Waals surface area contributed by atoms with Crippen LogP contribution in [0.1, 0.15) is 6.92 Å². The van der Waals surface area contributed by atoms with Crippen LogP contribution in [0.25, 0.3) is 0 Å². The van der Waals surface area contributed by atoms with Gasteiger partial charge in [0.05, 0.1) is 5.69 Å². The molecule has 4 N–H and O–H groups in total. The molecule has 118 valence electrons. The second-order valence-electron chi connectivity index (χ2n) is 5.26. The molecule has 2 heterocycles. The number of amides is 1. The fourth-order valence-corrected chi connectivity index (χ4v) is 3.01. The fraction of sp³-hybridized carbons (Fsp3) is 0.0625. The minimum Gasteiger partial charge on any atom is -0.870 e. The summed E-state index contributed by atoms with van der Waals surface area (Å²) in [6.45, 7) is 1.91. The van der Waals surface area contributed by atoms with Crippen molar-refractivity contribution in [1.82, 2.24) is 0 Å². The highest BCUT2D eigenvalue weighted by atomic mass is 35.5. The minimum atomic E-state index is -0.0678. The van der Waals surface area contributed by atoms with Crippen LogP contribution in [0.5, 0.6) is 0 Å². The fourth-order valence-electron chi connectivity index (χ4n) is 2.83. The van der Waals surface area contributed by atoms with Crippen LogP contribution in [-0.4, -0.2) is 11.4 Å². The number of nitrogens with one attached hydrogen (secondary N) is 1. The smallest absolute Gasteiger partial charge is 0.329 e. The number of hydrogen-bond acceptors (Lipinski definition) is 4. The third-order valence-electron chi connectivity index (χ3n) is 3.82. The van der Waals surface area contributed by atoms with Crippen molar-refractivity contribution in [2.75, 3.05) is 15.3 Å². The lowest BCUT2D eigenvalue weighted by Gasteiger charge is -2.24. The summed E-state index contributed by atoms with van der Waals surface area (Å²) >= 11 is 6.04. The van der Waals surface area contributed by atoms with E-state index in [0.717, 1.165) is 22.8 Å². The molecule has 23 heavy (non-hydrogen) atoms. The minimum absolute atomic E-state index is 0. The van der Waals surface area contributed by atoms with E-state index in [-0.39, 0.29) is 11.4 Å². The van der Waals surface area contributed by atoms with Crippen LogP contribution in [0.15, 0.2) is 59.9 Å². The van der Waals surface area contributed by atoms with Gasteiger partial charge in [0.2, 0.25) is 0 Å². The summed E-state index contributed by atoms with van der Waals surface area (Å²) in [5, 5.41) is 7.43. The first-order chi connectivity index (χ1) is 10.6. The molecular formula is C16H15ClN4O2. The average Bonchev–Trinajstić information content (AvgIpc) is 2.86. The van der Waals surface area contributed by atoms with Crippen LogP contribution in [0.4, 0.5) is 17.1 Å². The van der Waals surface area contributed by atoms with Gasteiger partial charge in [-0.05, 0) is 37.3 Å². The van der Waals surface area contributed by atoms with Crippen molar-refractivity contribution in [2.24, 2.45) is 0 Å². The van der Waals surface area contributed by atoms with Gasteiger partial charge in [-0.25, -0.2) is 0 Å². The van der Waals surface area contributed by atoms with Crippen molar-refractivity contribution >= 4 is 34.6 Å². The number of fused-ring (bicyclic) bond motifs is 3. The predicted octanol–water partition coefficient (Wildman–Crippen LogP) is 2.07. The van der Waals surface area contributed by atoms with Gasteiger partial charge in [0.15, 0.2) is 5.70 Å². The molecule has 2 aliphatic rings. The van der Waals surface area contributed by atoms with Crippen LogP contribution in [0.2, 0.25) is 5.02 Å². The Hall–Kier alpha value is -2.54. The molecule has 7 heteroatoms. The molecule has 0 aliphatic carbocycles. The summed E-state index contributed by atoms with van der Waals surface area (Å²) in [4.78, 5) is 12.8. The second kappa shape index (κ2) is 5.58. The summed E-state index contributed by atoms with van der Waals surface area (Å²) < 4.78 is 0. The SMILES string of the molecule is CC1=C2C(=O)N(c3cccc(Cl)c3)[NH2+]N2c2ccccc2N1.[OH-]. The molecule has 0 spiro atoms. The Kier molecular flexibility index (Phi) is 3.73. The second-order valence-corrected chi connectivity index (χ2v) is 5.69. The lowest BCUT2D eigenvalue weighted by molar-refractivity contribution is -0.653. The van der Waals surface area contributed by atoms with Gasteiger partial charge in [-0.3, -0.25) is 4.79 Å². The highest BCUT2D eigenvalue weighted by molar-refractivity contribution is 6.31. The lowest BCUT2D eigenvalue weighted by Crippen LogP contribution is -2.98. The number of halogens is 1. The Bertz CT molecular complexity index is 821. The van der Waals surface area contributed by atoms with E-state index in [2.05, 4.69) is 5.32 Å². The van der Waals surface area contributed by atoms with Crippen molar-refractivity contribution in [3.63, 3.8) is 0 Å². The van der Waals surface area contributed by atoms with Gasteiger partial charge in [0, 0.05) is 10.7 Å². The average molecular weight is 331 g/mol. The topological polar surface area (TPSA) is 82.2 Å². The number of rotatable bonds is 1. The van der Waals surface area contributed by atoms with E-state index in [1.54, 1.807) is 17.1 Å². The summed E-state index contributed by atoms with van der Waals surface area (Å²) in [6.07, 6.45) is 0. The Morgan fingerprint density at radius 2 is 1.87 bits per heavy atom. The number of carbonyl (C=O) groups is 1. The van der Waals surface area contributed by atoms with Crippen LogP contribution in [-0.2, 0) is 4.79 Å². The highest BCUT2D eigenvalue weighted by Gasteiger charge is 2.43. The van der Waals surface area contributed by atoms with E-state index in [1.165, 1.54) is 0 Å². The summed E-state index contributed by atoms with van der Waals surface area (Å²) in [5.41, 5.74) is 5.99. The van der Waals surface area contributed by atoms with Crippen molar-refractivity contribution in [2.45, 2.75) is 6.92 Å². The normalized spacial score (nSPS) is 15.8. The zero-order chi connectivity index (χ0) is 15.3. The van der Waals surface area contributed by atoms with Gasteiger partial charge in [0.25, 0.3) is 0 Å². The number of anilines is 3. The third kappa shape index (κ3) is 2.33. The Balaban J connectivity index is 0.00000156. The third-order valence-corrected chi connectivity index (χ3v) is 4.06. The number of hydrogen-bond donors (Lipinski definition) is 2. The molecule has 4 rings (SSSR count). The van der Waals surface area contributed by atoms with Gasteiger partial charge >= 0.3 is 5.91 Å². The first-order valence-corrected chi connectivity index (χ1v) is 7.33. The maximum atomic E-state index is 12.8. The van der Waals surface area contributed by atoms with E-state index >= 15 is 0 Å². The van der Waals surface area contributed by atoms with Gasteiger partial charge < -0.3 is 10.8 Å². The molecule has 6 nitrogen and oxygen atoms in total. The van der Waals surface area contributed by atoms with Gasteiger partial charge in [0.1, 0.15) is 11.4 Å². The van der Waals surface area contributed by atoms with Gasteiger partial charge in [-0.15, -0.1) is 10.5 Å². The van der Waals surface area contributed by atoms with Crippen LogP contribution < -0.4 is 20.9 Å². The predicted molar refractivity (Wildman–Crippen MR) is 88.0 cm³/mol. The molecule has 2 aromatic rings. The molecule has 1 amide bonds. The number of para-hydroxylation sites is 2. The van der Waals surface area contributed by atoms with E-state index in [1.807, 2.05) is 53.9 Å². The first-order valence-electron chi connectivity index (χ1n) is 6.95. The monoisotopic (exact) mass is 330 g/mol. The van der Waals surface area contributed by atoms with Crippen molar-refractivity contribution in [3.8, 4) is 0 Å². The molecule has 0 bridgehead atoms. The Labute approximate surface area is 138 Å². The molecule has 2 aromatic carbocycles. The number of allylic oxidation sites excluding steroid dienone is 1. The molecule has 1 saturated heterocycles. The quantitative estimate of drug-likeness (QED) is 0.619. The van der Waals surface area contributed by atoms with E-state index in [0.29, 0.717) is 10.7 Å². The highest BCUT2D eigenvalue weighted by Crippen LogP contribution is 2.35. The lowest BCUT2D eigenvalue weighted by atomic mass is 10.1. The van der Waals surface area contributed by atoms with E-state index in [9.17, 15) is 4.79 Å². The summed E-state index contributed by atoms with van der Waals surface area (Å²) in [7, 11) is 0. The van der Waals surface area contributed by atoms with Gasteiger partial charge in [-0.2, -0.15) is 5.01 Å². The maximum absolute atomic E-state index is 12.8. The zero-order valence-corrected chi connectivity index (χ0v) is 13.1. The van der Waals surface area contributed by atoms with Crippen LogP contribution >= 0.6 is 11.6 Å². The van der Waals surface area contributed by atoms with Crippen LogP contribution in [0, 0.1) is 0 Å². The molecule has 0 unspecified atom stereocenters. The van der Waals surface area contributed by atoms with Crippen molar-refractivity contribution in [1.29, 1.82) is 0 Å². The molecule has 2 aliphatic heterocycles. The number of benzene rings is 2. The number of quaternary nitrogens is 1. The van der Waals surface area contributed by atoms with Crippen molar-refractivity contribution in [3.05, 3.63) is 64.9 Å². The number of carbonyl (C=O) groups excluding carboxylic acids is 1. The Morgan fingerprint density at radius 1 is 1.09 bits per heavy atom. The molecule has 0 atom stereocenters. The number of nitrogens with zero attached hydrogens (tertiary/aromatic N) is 2. The first kappa shape index (κ1) is 15.4. The molecule has 1 fully saturated rings. The maximum Gasteiger partial charge on any atom is 0.329 e. The van der Waals surface area contributed by atoms with Gasteiger partial charge in [-0.1, -0.05) is 29.8 Å². The zero-order valence-electron chi connectivity index (χ0n) is 12.3. The van der Waals surface area contributed by atoms with Crippen molar-refractivity contribution < 1.29 is 15.8 Å². The largest absolute Gasteiger partial charge is 0.870 e. The van der Waals surface area contributed by atoms with E-state index in [4.69, 9.17) is 11.6 Å². The standard InChI is InChI=1S/C16H13ClN4O.H2O/c1-10-15-16(22)20(12-6-4-5-11(17)9-12)19-21(15)14-8-3-2-7-13(14)18-10;/h2-9,18-19H,1H3;1H2. The molecule has 0 radical (unpaired) electrons. The Morgan fingerprint density at radius 3 is 2.65 bits per heavy atom. The molecule has 0 saturated carbocycles. The molecule has 0 aromatic heterocycles. The molecular weight excluding hydrogens is 316 g/mol. The van der Waals surface area contributed by atoms with Crippen LogP contribution in [0.3, 0.4) is 0 Å². The number of nitrogens with two attached hydrogens (primary N) is 1. The summed E-state index contributed by atoms with van der Waals surface area (Å²) in [5.74, 6) is -0.0678. The van der Waals surface area contributed by atoms with E-state index < -0.39 is 0 Å². The summed E-state index contributed by atoms with van der Waals surface area (Å²) in [6, 6.07) is 15.2.